The van der Waals surface area contributed by atoms with Gasteiger partial charge in [0.2, 0.25) is 0 Å². The van der Waals surface area contributed by atoms with E-state index in [0.29, 0.717) is 24.9 Å². The molecular formula is C24H26FN3O3. The number of para-hydroxylation sites is 1. The molecule has 162 valence electrons. The molecular weight excluding hydrogens is 397 g/mol. The van der Waals surface area contributed by atoms with Gasteiger partial charge in [0.25, 0.3) is 0 Å². The Kier molecular flexibility index (Phi) is 4.61. The summed E-state index contributed by atoms with van der Waals surface area (Å²) < 4.78 is 31.8. The van der Waals surface area contributed by atoms with Crippen molar-refractivity contribution in [1.29, 1.82) is 0 Å². The molecule has 6 rings (SSSR count). The Morgan fingerprint density at radius 3 is 2.94 bits per heavy atom. The van der Waals surface area contributed by atoms with Crippen LogP contribution in [0.2, 0.25) is 0 Å². The molecule has 1 saturated heterocycles. The van der Waals surface area contributed by atoms with E-state index in [9.17, 15) is 4.39 Å². The molecule has 7 heteroatoms. The number of benzene rings is 2. The van der Waals surface area contributed by atoms with Gasteiger partial charge in [-0.05, 0) is 38.0 Å². The molecule has 0 spiro atoms. The Bertz CT molecular complexity index is 1110. The minimum absolute atomic E-state index is 0.0743. The van der Waals surface area contributed by atoms with Gasteiger partial charge in [0.15, 0.2) is 11.5 Å². The van der Waals surface area contributed by atoms with Crippen LogP contribution in [-0.2, 0) is 4.74 Å². The van der Waals surface area contributed by atoms with Crippen molar-refractivity contribution in [3.8, 4) is 5.75 Å². The Hall–Kier alpha value is -2.64. The van der Waals surface area contributed by atoms with Crippen molar-refractivity contribution in [3.63, 3.8) is 0 Å². The summed E-state index contributed by atoms with van der Waals surface area (Å²) in [5.41, 5.74) is 3.52. The van der Waals surface area contributed by atoms with E-state index >= 15 is 0 Å². The van der Waals surface area contributed by atoms with Crippen molar-refractivity contribution in [2.24, 2.45) is 0 Å². The first-order valence-corrected chi connectivity index (χ1v) is 11.1. The highest BCUT2D eigenvalue weighted by atomic mass is 19.1. The van der Waals surface area contributed by atoms with Crippen LogP contribution in [0.1, 0.15) is 43.2 Å². The number of morpholine rings is 1. The average Bonchev–Trinajstić information content (AvgIpc) is 3.52. The van der Waals surface area contributed by atoms with E-state index in [2.05, 4.69) is 17.1 Å². The summed E-state index contributed by atoms with van der Waals surface area (Å²) >= 11 is 0. The first-order chi connectivity index (χ1) is 15.2. The highest BCUT2D eigenvalue weighted by molar-refractivity contribution is 5.86. The van der Waals surface area contributed by atoms with Crippen LogP contribution in [0.25, 0.3) is 11.1 Å². The number of nitrogens with one attached hydrogen (secondary N) is 1. The minimum atomic E-state index is -0.289. The Balaban J connectivity index is 1.39. The first-order valence-electron chi connectivity index (χ1n) is 11.1. The van der Waals surface area contributed by atoms with Gasteiger partial charge in [-0.25, -0.2) is 9.37 Å². The normalized spacial score (nSPS) is 26.5. The van der Waals surface area contributed by atoms with Gasteiger partial charge in [-0.15, -0.1) is 0 Å². The number of rotatable bonds is 4. The fourth-order valence-corrected chi connectivity index (χ4v) is 4.76. The third-order valence-corrected chi connectivity index (χ3v) is 6.52. The fraction of sp³-hybridized carbons (Fsp3) is 0.458. The number of anilines is 1. The topological polar surface area (TPSA) is 59.8 Å². The van der Waals surface area contributed by atoms with Crippen molar-refractivity contribution in [1.82, 2.24) is 9.88 Å². The molecule has 3 aromatic rings. The molecule has 3 unspecified atom stereocenters. The number of hydrogen-bond acceptors (Lipinski definition) is 6. The standard InChI is InChI=1S/C24H26FN3O3/c1-14-12-28(9-10-29-14)20-13-30-21-11-16(25)7-8-17(21)22(20)26-18-3-2-4-19-23(18)31-24(27-19)15-5-6-15/h2-4,7-8,11,14-15,20,22,26H,5-6,9-10,12-13H2,1H3. The molecule has 3 heterocycles. The Labute approximate surface area is 180 Å². The Morgan fingerprint density at radius 2 is 2.10 bits per heavy atom. The predicted molar refractivity (Wildman–Crippen MR) is 115 cm³/mol. The summed E-state index contributed by atoms with van der Waals surface area (Å²) in [5.74, 6) is 1.59. The molecule has 3 aliphatic rings. The molecule has 6 nitrogen and oxygen atoms in total. The summed E-state index contributed by atoms with van der Waals surface area (Å²) in [6.07, 6.45) is 2.46. The van der Waals surface area contributed by atoms with E-state index < -0.39 is 0 Å². The molecule has 0 radical (unpaired) electrons. The summed E-state index contributed by atoms with van der Waals surface area (Å²) in [6, 6.07) is 10.8. The maximum absolute atomic E-state index is 13.9. The van der Waals surface area contributed by atoms with Gasteiger partial charge < -0.3 is 19.2 Å². The summed E-state index contributed by atoms with van der Waals surface area (Å²) in [5, 5.41) is 3.72. The molecule has 3 atom stereocenters. The first kappa shape index (κ1) is 19.1. The van der Waals surface area contributed by atoms with Gasteiger partial charge in [0.05, 0.1) is 30.5 Å². The second-order valence-electron chi connectivity index (χ2n) is 8.84. The van der Waals surface area contributed by atoms with Gasteiger partial charge in [-0.1, -0.05) is 12.1 Å². The molecule has 2 fully saturated rings. The number of halogens is 1. The minimum Gasteiger partial charge on any atom is -0.491 e. The van der Waals surface area contributed by atoms with Crippen LogP contribution in [0.15, 0.2) is 40.8 Å². The van der Waals surface area contributed by atoms with Crippen LogP contribution in [-0.4, -0.2) is 48.3 Å². The molecule has 1 aromatic heterocycles. The predicted octanol–water partition coefficient (Wildman–Crippen LogP) is 4.48. The lowest BCUT2D eigenvalue weighted by Gasteiger charge is -2.43. The monoisotopic (exact) mass is 423 g/mol. The van der Waals surface area contributed by atoms with Crippen molar-refractivity contribution < 1.29 is 18.3 Å². The van der Waals surface area contributed by atoms with Crippen LogP contribution < -0.4 is 10.1 Å². The summed E-state index contributed by atoms with van der Waals surface area (Å²) in [6.45, 7) is 4.95. The van der Waals surface area contributed by atoms with E-state index in [-0.39, 0.29) is 24.0 Å². The van der Waals surface area contributed by atoms with Crippen LogP contribution in [0, 0.1) is 5.82 Å². The lowest BCUT2D eigenvalue weighted by atomic mass is 9.94. The average molecular weight is 423 g/mol. The molecule has 2 aromatic carbocycles. The number of aromatic nitrogens is 1. The number of ether oxygens (including phenoxy) is 2. The van der Waals surface area contributed by atoms with Gasteiger partial charge in [0, 0.05) is 30.6 Å². The van der Waals surface area contributed by atoms with Crippen molar-refractivity contribution in [3.05, 3.63) is 53.7 Å². The zero-order valence-corrected chi connectivity index (χ0v) is 17.5. The lowest BCUT2D eigenvalue weighted by molar-refractivity contribution is -0.0465. The SMILES string of the molecule is CC1CN(C2COc3cc(F)ccc3C2Nc2cccc3nc(C4CC4)oc23)CCO1. The van der Waals surface area contributed by atoms with Crippen LogP contribution in [0.5, 0.6) is 5.75 Å². The number of nitrogens with zero attached hydrogens (tertiary/aromatic N) is 2. The zero-order chi connectivity index (χ0) is 20.9. The quantitative estimate of drug-likeness (QED) is 0.668. The van der Waals surface area contributed by atoms with Gasteiger partial charge in [-0.3, -0.25) is 4.90 Å². The van der Waals surface area contributed by atoms with Crippen LogP contribution in [0.4, 0.5) is 10.1 Å². The molecule has 0 bridgehead atoms. The van der Waals surface area contributed by atoms with Crippen LogP contribution in [0.3, 0.4) is 0 Å². The van der Waals surface area contributed by atoms with Gasteiger partial charge in [-0.2, -0.15) is 0 Å². The third-order valence-electron chi connectivity index (χ3n) is 6.52. The van der Waals surface area contributed by atoms with E-state index in [1.54, 1.807) is 0 Å². The van der Waals surface area contributed by atoms with Crippen molar-refractivity contribution in [2.75, 3.05) is 31.6 Å². The molecule has 1 saturated carbocycles. The van der Waals surface area contributed by atoms with E-state index in [1.807, 2.05) is 24.3 Å². The van der Waals surface area contributed by atoms with Gasteiger partial charge in [0.1, 0.15) is 23.7 Å². The summed E-state index contributed by atoms with van der Waals surface area (Å²) in [4.78, 5) is 7.11. The molecule has 1 N–H and O–H groups in total. The van der Waals surface area contributed by atoms with Crippen molar-refractivity contribution in [2.45, 2.75) is 43.9 Å². The second-order valence-corrected chi connectivity index (χ2v) is 8.84. The van der Waals surface area contributed by atoms with E-state index in [4.69, 9.17) is 18.9 Å². The lowest BCUT2D eigenvalue weighted by Crippen LogP contribution is -2.54. The maximum atomic E-state index is 13.9. The maximum Gasteiger partial charge on any atom is 0.198 e. The smallest absolute Gasteiger partial charge is 0.198 e. The Morgan fingerprint density at radius 1 is 1.19 bits per heavy atom. The largest absolute Gasteiger partial charge is 0.491 e. The highest BCUT2D eigenvalue weighted by Gasteiger charge is 2.37. The molecule has 2 aliphatic heterocycles. The third kappa shape index (κ3) is 3.55. The zero-order valence-electron chi connectivity index (χ0n) is 17.5. The number of oxazole rings is 1. The van der Waals surface area contributed by atoms with E-state index in [0.717, 1.165) is 54.2 Å². The summed E-state index contributed by atoms with van der Waals surface area (Å²) in [7, 11) is 0. The number of fused-ring (bicyclic) bond motifs is 2. The molecule has 31 heavy (non-hydrogen) atoms. The number of hydrogen-bond donors (Lipinski definition) is 1. The van der Waals surface area contributed by atoms with E-state index in [1.165, 1.54) is 12.1 Å². The van der Waals surface area contributed by atoms with Crippen molar-refractivity contribution >= 4 is 16.8 Å². The second kappa shape index (κ2) is 7.50. The van der Waals surface area contributed by atoms with Crippen LogP contribution >= 0.6 is 0 Å². The molecule has 1 aliphatic carbocycles. The fourth-order valence-electron chi connectivity index (χ4n) is 4.76. The van der Waals surface area contributed by atoms with Gasteiger partial charge >= 0.3 is 0 Å². The highest BCUT2D eigenvalue weighted by Crippen LogP contribution is 2.43. The molecule has 0 amide bonds.